The van der Waals surface area contributed by atoms with Crippen LogP contribution in [-0.4, -0.2) is 32.1 Å². The highest BCUT2D eigenvalue weighted by atomic mass is 127. The maximum Gasteiger partial charge on any atom is 0.191 e. The molecule has 0 saturated heterocycles. The zero-order valence-corrected chi connectivity index (χ0v) is 12.8. The molecule has 0 bridgehead atoms. The van der Waals surface area contributed by atoms with Gasteiger partial charge in [-0.15, -0.1) is 35.3 Å². The lowest BCUT2D eigenvalue weighted by atomic mass is 10.5. The van der Waals surface area contributed by atoms with Crippen LogP contribution in [0.4, 0.5) is 0 Å². The van der Waals surface area contributed by atoms with Gasteiger partial charge in [0.2, 0.25) is 0 Å². The highest BCUT2D eigenvalue weighted by Crippen LogP contribution is 2.10. The van der Waals surface area contributed by atoms with E-state index in [9.17, 15) is 0 Å². The van der Waals surface area contributed by atoms with Crippen molar-refractivity contribution in [3.05, 3.63) is 16.1 Å². The molecule has 92 valence electrons. The van der Waals surface area contributed by atoms with Gasteiger partial charge in [-0.1, -0.05) is 0 Å². The van der Waals surface area contributed by atoms with Gasteiger partial charge < -0.3 is 15.4 Å². The van der Waals surface area contributed by atoms with Gasteiger partial charge in [0, 0.05) is 26.6 Å². The fourth-order valence-electron chi connectivity index (χ4n) is 1.07. The second-order valence-corrected chi connectivity index (χ2v) is 3.78. The molecule has 0 aliphatic carbocycles. The normalized spacial score (nSPS) is 10.8. The zero-order chi connectivity index (χ0) is 11.1. The van der Waals surface area contributed by atoms with E-state index in [-0.39, 0.29) is 24.0 Å². The van der Waals surface area contributed by atoms with Crippen molar-refractivity contribution < 1.29 is 4.74 Å². The summed E-state index contributed by atoms with van der Waals surface area (Å²) in [6, 6.07) is 0. The maximum absolute atomic E-state index is 5.00. The first kappa shape index (κ1) is 15.6. The van der Waals surface area contributed by atoms with Crippen molar-refractivity contribution in [2.24, 2.45) is 4.99 Å². The number of aliphatic imine (C=N–C) groups is 1. The minimum absolute atomic E-state index is 0. The SMILES string of the molecule is CN=C(NC)NCc1csc(COC)n1.I. The van der Waals surface area contributed by atoms with E-state index in [0.717, 1.165) is 16.7 Å². The number of methoxy groups -OCH3 is 1. The predicted octanol–water partition coefficient (Wildman–Crippen LogP) is 1.20. The fraction of sp³-hybridized carbons (Fsp3) is 0.556. The Bertz CT molecular complexity index is 329. The van der Waals surface area contributed by atoms with Gasteiger partial charge in [-0.3, -0.25) is 4.99 Å². The summed E-state index contributed by atoms with van der Waals surface area (Å²) in [5.74, 6) is 0.760. The van der Waals surface area contributed by atoms with Gasteiger partial charge in [0.05, 0.1) is 18.8 Å². The van der Waals surface area contributed by atoms with E-state index in [2.05, 4.69) is 20.6 Å². The average Bonchev–Trinajstić information content (AvgIpc) is 2.68. The largest absolute Gasteiger partial charge is 0.378 e. The molecule has 7 heteroatoms. The van der Waals surface area contributed by atoms with Crippen molar-refractivity contribution >= 4 is 41.3 Å². The molecule has 0 fully saturated rings. The molecule has 0 radical (unpaired) electrons. The molecule has 0 unspecified atom stereocenters. The summed E-state index contributed by atoms with van der Waals surface area (Å²) in [6.45, 7) is 1.25. The van der Waals surface area contributed by atoms with Gasteiger partial charge in [0.15, 0.2) is 5.96 Å². The van der Waals surface area contributed by atoms with Crippen LogP contribution in [0, 0.1) is 0 Å². The molecular formula is C9H17IN4OS. The number of hydrogen-bond acceptors (Lipinski definition) is 4. The molecule has 0 amide bonds. The number of halogens is 1. The Morgan fingerprint density at radius 2 is 2.38 bits per heavy atom. The number of nitrogens with one attached hydrogen (secondary N) is 2. The second kappa shape index (κ2) is 8.71. The van der Waals surface area contributed by atoms with E-state index in [0.29, 0.717) is 13.2 Å². The van der Waals surface area contributed by atoms with E-state index in [1.807, 2.05) is 12.4 Å². The maximum atomic E-state index is 5.00. The number of thiazole rings is 1. The Labute approximate surface area is 117 Å². The van der Waals surface area contributed by atoms with Crippen LogP contribution >= 0.6 is 35.3 Å². The summed E-state index contributed by atoms with van der Waals surface area (Å²) in [5.41, 5.74) is 1.00. The summed E-state index contributed by atoms with van der Waals surface area (Å²) in [7, 11) is 5.23. The molecule has 1 rings (SSSR count). The van der Waals surface area contributed by atoms with Gasteiger partial charge in [-0.2, -0.15) is 0 Å². The van der Waals surface area contributed by atoms with E-state index in [4.69, 9.17) is 4.74 Å². The van der Waals surface area contributed by atoms with Crippen molar-refractivity contribution in [2.75, 3.05) is 21.2 Å². The van der Waals surface area contributed by atoms with Crippen LogP contribution in [-0.2, 0) is 17.9 Å². The Morgan fingerprint density at radius 1 is 1.62 bits per heavy atom. The molecule has 5 nitrogen and oxygen atoms in total. The van der Waals surface area contributed by atoms with Crippen LogP contribution in [0.2, 0.25) is 0 Å². The molecule has 0 atom stereocenters. The first-order valence-electron chi connectivity index (χ1n) is 4.60. The van der Waals surface area contributed by atoms with Crippen LogP contribution in [0.1, 0.15) is 10.7 Å². The van der Waals surface area contributed by atoms with Crippen molar-refractivity contribution in [3.8, 4) is 0 Å². The molecule has 1 heterocycles. The minimum Gasteiger partial charge on any atom is -0.378 e. The lowest BCUT2D eigenvalue weighted by Crippen LogP contribution is -2.34. The van der Waals surface area contributed by atoms with Crippen LogP contribution in [0.3, 0.4) is 0 Å². The van der Waals surface area contributed by atoms with Crippen LogP contribution in [0.25, 0.3) is 0 Å². The molecule has 0 saturated carbocycles. The number of aromatic nitrogens is 1. The number of guanidine groups is 1. The number of rotatable bonds is 4. The number of ether oxygens (including phenoxy) is 1. The zero-order valence-electron chi connectivity index (χ0n) is 9.61. The van der Waals surface area contributed by atoms with Crippen LogP contribution in [0.15, 0.2) is 10.4 Å². The molecule has 16 heavy (non-hydrogen) atoms. The Kier molecular flexibility index (Phi) is 8.49. The number of nitrogens with zero attached hydrogens (tertiary/aromatic N) is 2. The molecular weight excluding hydrogens is 339 g/mol. The molecule has 1 aromatic rings. The Balaban J connectivity index is 0.00000225. The fourth-order valence-corrected chi connectivity index (χ4v) is 1.84. The van der Waals surface area contributed by atoms with E-state index in [1.165, 1.54) is 0 Å². The third-order valence-electron chi connectivity index (χ3n) is 1.76. The van der Waals surface area contributed by atoms with Gasteiger partial charge in [0.1, 0.15) is 5.01 Å². The smallest absolute Gasteiger partial charge is 0.191 e. The van der Waals surface area contributed by atoms with E-state index >= 15 is 0 Å². The van der Waals surface area contributed by atoms with Gasteiger partial charge in [-0.25, -0.2) is 4.98 Å². The van der Waals surface area contributed by atoms with Gasteiger partial charge in [-0.05, 0) is 0 Å². The highest BCUT2D eigenvalue weighted by Gasteiger charge is 2.01. The summed E-state index contributed by atoms with van der Waals surface area (Å²) >= 11 is 1.60. The van der Waals surface area contributed by atoms with Crippen molar-refractivity contribution in [2.45, 2.75) is 13.2 Å². The van der Waals surface area contributed by atoms with Crippen molar-refractivity contribution in [3.63, 3.8) is 0 Å². The lowest BCUT2D eigenvalue weighted by molar-refractivity contribution is 0.184. The van der Waals surface area contributed by atoms with Crippen molar-refractivity contribution in [1.82, 2.24) is 15.6 Å². The Hall–Kier alpha value is -0.410. The van der Waals surface area contributed by atoms with Crippen LogP contribution in [0.5, 0.6) is 0 Å². The molecule has 0 aromatic carbocycles. The molecule has 0 aliphatic rings. The topological polar surface area (TPSA) is 58.5 Å². The minimum atomic E-state index is 0. The monoisotopic (exact) mass is 356 g/mol. The predicted molar refractivity (Wildman–Crippen MR) is 77.5 cm³/mol. The molecule has 0 aliphatic heterocycles. The summed E-state index contributed by atoms with van der Waals surface area (Å²) < 4.78 is 5.00. The summed E-state index contributed by atoms with van der Waals surface area (Å²) in [6.07, 6.45) is 0. The summed E-state index contributed by atoms with van der Waals surface area (Å²) in [4.78, 5) is 8.40. The number of hydrogen-bond donors (Lipinski definition) is 2. The first-order chi connectivity index (χ1) is 7.30. The van der Waals surface area contributed by atoms with Gasteiger partial charge >= 0.3 is 0 Å². The molecule has 0 spiro atoms. The third kappa shape index (κ3) is 5.08. The Morgan fingerprint density at radius 3 is 2.94 bits per heavy atom. The highest BCUT2D eigenvalue weighted by molar-refractivity contribution is 14.0. The van der Waals surface area contributed by atoms with E-state index < -0.39 is 0 Å². The lowest BCUT2D eigenvalue weighted by Gasteiger charge is -2.05. The standard InChI is InChI=1S/C9H16N4OS.HI/c1-10-9(11-2)12-4-7-6-15-8(13-7)5-14-3;/h6H,4-5H2,1-3H3,(H2,10,11,12);1H. The van der Waals surface area contributed by atoms with E-state index in [1.54, 1.807) is 25.5 Å². The quantitative estimate of drug-likeness (QED) is 0.484. The third-order valence-corrected chi connectivity index (χ3v) is 2.64. The molecule has 1 aromatic heterocycles. The summed E-state index contributed by atoms with van der Waals surface area (Å²) in [5, 5.41) is 9.09. The van der Waals surface area contributed by atoms with Gasteiger partial charge in [0.25, 0.3) is 0 Å². The second-order valence-electron chi connectivity index (χ2n) is 2.84. The average molecular weight is 356 g/mol. The molecule has 2 N–H and O–H groups in total. The van der Waals surface area contributed by atoms with Crippen molar-refractivity contribution in [1.29, 1.82) is 0 Å². The first-order valence-corrected chi connectivity index (χ1v) is 5.48. The van der Waals surface area contributed by atoms with Crippen LogP contribution < -0.4 is 10.6 Å².